The quantitative estimate of drug-likeness (QED) is 0.642. The molecule has 0 amide bonds. The van der Waals surface area contributed by atoms with Crippen molar-refractivity contribution in [2.75, 3.05) is 17.6 Å². The minimum atomic E-state index is 0.859. The van der Waals surface area contributed by atoms with Crippen molar-refractivity contribution >= 4 is 17.6 Å². The zero-order chi connectivity index (χ0) is 12.1. The fourth-order valence-corrected chi connectivity index (χ4v) is 3.40. The van der Waals surface area contributed by atoms with Gasteiger partial charge in [-0.15, -0.1) is 11.8 Å². The molecule has 0 unspecified atom stereocenters. The molecule has 1 aliphatic rings. The van der Waals surface area contributed by atoms with E-state index in [0.29, 0.717) is 0 Å². The van der Waals surface area contributed by atoms with Gasteiger partial charge in [-0.25, -0.2) is 9.97 Å². The van der Waals surface area contributed by atoms with Crippen molar-refractivity contribution in [2.45, 2.75) is 44.6 Å². The van der Waals surface area contributed by atoms with Crippen LogP contribution in [0.15, 0.2) is 11.1 Å². The number of anilines is 1. The smallest absolute Gasteiger partial charge is 0.130 e. The average molecular weight is 251 g/mol. The molecule has 0 saturated heterocycles. The molecule has 0 aliphatic heterocycles. The van der Waals surface area contributed by atoms with E-state index in [4.69, 9.17) is 0 Å². The summed E-state index contributed by atoms with van der Waals surface area (Å²) < 4.78 is 0. The van der Waals surface area contributed by atoms with Gasteiger partial charge in [0.05, 0.1) is 0 Å². The van der Waals surface area contributed by atoms with E-state index in [-0.39, 0.29) is 0 Å². The van der Waals surface area contributed by atoms with Crippen molar-refractivity contribution in [3.05, 3.63) is 11.9 Å². The third kappa shape index (κ3) is 3.87. The Morgan fingerprint density at radius 2 is 2.12 bits per heavy atom. The molecule has 0 spiro atoms. The first-order valence-electron chi connectivity index (χ1n) is 6.50. The molecule has 1 heterocycles. The summed E-state index contributed by atoms with van der Waals surface area (Å²) in [5.41, 5.74) is 0. The monoisotopic (exact) mass is 251 g/mol. The number of thioether (sulfide) groups is 1. The van der Waals surface area contributed by atoms with E-state index in [1.165, 1.54) is 31.4 Å². The standard InChI is InChI=1S/C13H21N3S/c1-3-14-12-8-13(16-10(2)15-12)17-9-11-6-4-5-7-11/h8,11H,3-7,9H2,1-2H3,(H,14,15,16). The Balaban J connectivity index is 1.94. The van der Waals surface area contributed by atoms with Crippen molar-refractivity contribution in [2.24, 2.45) is 5.92 Å². The van der Waals surface area contributed by atoms with Gasteiger partial charge in [-0.2, -0.15) is 0 Å². The summed E-state index contributed by atoms with van der Waals surface area (Å²) in [5, 5.41) is 4.36. The average Bonchev–Trinajstić information content (AvgIpc) is 2.79. The molecule has 1 N–H and O–H groups in total. The molecule has 2 rings (SSSR count). The molecule has 0 bridgehead atoms. The van der Waals surface area contributed by atoms with Crippen LogP contribution in [0.5, 0.6) is 0 Å². The van der Waals surface area contributed by atoms with Crippen LogP contribution >= 0.6 is 11.8 Å². The van der Waals surface area contributed by atoms with E-state index in [2.05, 4.69) is 28.3 Å². The molecule has 1 fully saturated rings. The maximum absolute atomic E-state index is 4.49. The highest BCUT2D eigenvalue weighted by atomic mass is 32.2. The number of nitrogens with one attached hydrogen (secondary N) is 1. The highest BCUT2D eigenvalue weighted by Crippen LogP contribution is 2.30. The minimum absolute atomic E-state index is 0.859. The Bertz CT molecular complexity index is 362. The SMILES string of the molecule is CCNc1cc(SCC2CCCC2)nc(C)n1. The third-order valence-electron chi connectivity index (χ3n) is 3.11. The van der Waals surface area contributed by atoms with Gasteiger partial charge >= 0.3 is 0 Å². The summed E-state index contributed by atoms with van der Waals surface area (Å²) in [6.45, 7) is 4.95. The van der Waals surface area contributed by atoms with E-state index in [0.717, 1.165) is 29.1 Å². The Morgan fingerprint density at radius 1 is 1.35 bits per heavy atom. The van der Waals surface area contributed by atoms with Crippen molar-refractivity contribution in [1.29, 1.82) is 0 Å². The molecule has 0 atom stereocenters. The predicted octanol–water partition coefficient (Wildman–Crippen LogP) is 3.50. The first kappa shape index (κ1) is 12.7. The van der Waals surface area contributed by atoms with E-state index in [1.807, 2.05) is 18.7 Å². The third-order valence-corrected chi connectivity index (χ3v) is 4.26. The summed E-state index contributed by atoms with van der Waals surface area (Å²) in [5.74, 6) is 3.92. The molecule has 1 aromatic rings. The molecule has 4 heteroatoms. The lowest BCUT2D eigenvalue weighted by Gasteiger charge is -2.09. The maximum atomic E-state index is 4.49. The normalized spacial score (nSPS) is 16.4. The first-order chi connectivity index (χ1) is 8.28. The lowest BCUT2D eigenvalue weighted by Crippen LogP contribution is -2.03. The molecular weight excluding hydrogens is 230 g/mol. The largest absolute Gasteiger partial charge is 0.370 e. The highest BCUT2D eigenvalue weighted by molar-refractivity contribution is 7.99. The van der Waals surface area contributed by atoms with E-state index in [1.54, 1.807) is 0 Å². The van der Waals surface area contributed by atoms with Gasteiger partial charge in [-0.3, -0.25) is 0 Å². The van der Waals surface area contributed by atoms with Crippen LogP contribution in [0.2, 0.25) is 0 Å². The predicted molar refractivity (Wildman–Crippen MR) is 73.6 cm³/mol. The first-order valence-corrected chi connectivity index (χ1v) is 7.49. The second-order valence-electron chi connectivity index (χ2n) is 4.63. The fourth-order valence-electron chi connectivity index (χ4n) is 2.27. The van der Waals surface area contributed by atoms with Crippen molar-refractivity contribution in [3.8, 4) is 0 Å². The molecule has 94 valence electrons. The summed E-state index contributed by atoms with van der Waals surface area (Å²) in [7, 11) is 0. The molecular formula is C13H21N3S. The highest BCUT2D eigenvalue weighted by Gasteiger charge is 2.15. The molecule has 1 aromatic heterocycles. The van der Waals surface area contributed by atoms with Gasteiger partial charge in [0.1, 0.15) is 16.7 Å². The van der Waals surface area contributed by atoms with Crippen molar-refractivity contribution < 1.29 is 0 Å². The van der Waals surface area contributed by atoms with Crippen LogP contribution in [0, 0.1) is 12.8 Å². The Kier molecular flexibility index (Phi) is 4.66. The second kappa shape index (κ2) is 6.24. The molecule has 1 saturated carbocycles. The molecule has 17 heavy (non-hydrogen) atoms. The van der Waals surface area contributed by atoms with Gasteiger partial charge in [0.2, 0.25) is 0 Å². The summed E-state index contributed by atoms with van der Waals surface area (Å²) in [6, 6.07) is 2.07. The zero-order valence-corrected chi connectivity index (χ0v) is 11.5. The van der Waals surface area contributed by atoms with Gasteiger partial charge < -0.3 is 5.32 Å². The number of aryl methyl sites for hydroxylation is 1. The molecule has 0 radical (unpaired) electrons. The summed E-state index contributed by atoms with van der Waals surface area (Å²) in [4.78, 5) is 8.86. The van der Waals surface area contributed by atoms with Gasteiger partial charge in [0, 0.05) is 18.4 Å². The van der Waals surface area contributed by atoms with E-state index in [9.17, 15) is 0 Å². The Labute approximate surface area is 108 Å². The van der Waals surface area contributed by atoms with Crippen LogP contribution in [-0.2, 0) is 0 Å². The molecule has 0 aromatic carbocycles. The van der Waals surface area contributed by atoms with Gasteiger partial charge in [-0.1, -0.05) is 12.8 Å². The minimum Gasteiger partial charge on any atom is -0.370 e. The lowest BCUT2D eigenvalue weighted by molar-refractivity contribution is 0.622. The topological polar surface area (TPSA) is 37.8 Å². The Morgan fingerprint density at radius 3 is 2.82 bits per heavy atom. The molecule has 1 aliphatic carbocycles. The Hall–Kier alpha value is -0.770. The number of hydrogen-bond acceptors (Lipinski definition) is 4. The lowest BCUT2D eigenvalue weighted by atomic mass is 10.1. The van der Waals surface area contributed by atoms with Gasteiger partial charge in [0.25, 0.3) is 0 Å². The van der Waals surface area contributed by atoms with Crippen LogP contribution in [0.4, 0.5) is 5.82 Å². The fraction of sp³-hybridized carbons (Fsp3) is 0.692. The summed E-state index contributed by atoms with van der Waals surface area (Å²) in [6.07, 6.45) is 5.63. The maximum Gasteiger partial charge on any atom is 0.130 e. The number of hydrogen-bond donors (Lipinski definition) is 1. The van der Waals surface area contributed by atoms with Crippen LogP contribution in [0.1, 0.15) is 38.4 Å². The number of aromatic nitrogens is 2. The zero-order valence-electron chi connectivity index (χ0n) is 10.7. The van der Waals surface area contributed by atoms with Crippen LogP contribution in [-0.4, -0.2) is 22.3 Å². The van der Waals surface area contributed by atoms with Crippen LogP contribution < -0.4 is 5.32 Å². The number of nitrogens with zero attached hydrogens (tertiary/aromatic N) is 2. The summed E-state index contributed by atoms with van der Waals surface area (Å²) >= 11 is 1.88. The molecule has 3 nitrogen and oxygen atoms in total. The van der Waals surface area contributed by atoms with Crippen molar-refractivity contribution in [3.63, 3.8) is 0 Å². The second-order valence-corrected chi connectivity index (χ2v) is 5.67. The van der Waals surface area contributed by atoms with Crippen molar-refractivity contribution in [1.82, 2.24) is 9.97 Å². The van der Waals surface area contributed by atoms with E-state index >= 15 is 0 Å². The van der Waals surface area contributed by atoms with Crippen LogP contribution in [0.3, 0.4) is 0 Å². The number of rotatable bonds is 5. The van der Waals surface area contributed by atoms with Gasteiger partial charge in [-0.05, 0) is 32.6 Å². The van der Waals surface area contributed by atoms with Gasteiger partial charge in [0.15, 0.2) is 0 Å². The van der Waals surface area contributed by atoms with E-state index < -0.39 is 0 Å². The van der Waals surface area contributed by atoms with Crippen LogP contribution in [0.25, 0.3) is 0 Å².